The average Bonchev–Trinajstić information content (AvgIpc) is 2.85. The number of likely N-dealkylation sites (tertiary alicyclic amines) is 1. The number of carbonyl (C=O) groups excluding carboxylic acids is 1. The summed E-state index contributed by atoms with van der Waals surface area (Å²) in [6.45, 7) is 3.54. The van der Waals surface area contributed by atoms with Gasteiger partial charge in [-0.3, -0.25) is 4.79 Å². The van der Waals surface area contributed by atoms with E-state index in [-0.39, 0.29) is 42.5 Å². The number of aromatic nitrogens is 2. The van der Waals surface area contributed by atoms with Crippen LogP contribution in [0.1, 0.15) is 74.5 Å². The van der Waals surface area contributed by atoms with E-state index in [4.69, 9.17) is 4.74 Å². The minimum absolute atomic E-state index is 0. The summed E-state index contributed by atoms with van der Waals surface area (Å²) < 4.78 is 6.19. The largest absolute Gasteiger partial charge is 0.490 e. The highest BCUT2D eigenvalue weighted by Gasteiger charge is 2.28. The lowest BCUT2D eigenvalue weighted by Gasteiger charge is -2.33. The Balaban J connectivity index is 0.00000228. The van der Waals surface area contributed by atoms with Gasteiger partial charge in [-0.2, -0.15) is 5.10 Å². The molecule has 2 N–H and O–H groups in total. The van der Waals surface area contributed by atoms with Crippen molar-refractivity contribution < 1.29 is 14.6 Å². The minimum atomic E-state index is -0.587. The Morgan fingerprint density at radius 2 is 1.83 bits per heavy atom. The van der Waals surface area contributed by atoms with E-state index in [0.717, 1.165) is 61.2 Å². The first-order chi connectivity index (χ1) is 16.5. The second kappa shape index (κ2) is 14.7. The van der Waals surface area contributed by atoms with Crippen molar-refractivity contribution >= 4 is 30.7 Å². The molecule has 1 saturated carbocycles. The van der Waals surface area contributed by atoms with E-state index in [1.807, 2.05) is 37.4 Å². The molecule has 1 aromatic heterocycles. The summed E-state index contributed by atoms with van der Waals surface area (Å²) in [5.41, 5.74) is 3.12. The van der Waals surface area contributed by atoms with Gasteiger partial charge >= 0.3 is 0 Å². The number of amides is 1. The smallest absolute Gasteiger partial charge is 0.272 e. The first kappa shape index (κ1) is 30.3. The predicted octanol–water partition coefficient (Wildman–Crippen LogP) is 4.84. The van der Waals surface area contributed by atoms with Gasteiger partial charge < -0.3 is 20.1 Å². The molecule has 0 radical (unpaired) electrons. The maximum absolute atomic E-state index is 13.0. The standard InChI is InChI=1S/C27H38N4O3.2ClH/c1-3-4-10-23-22(19-11-13-21(14-12-19)34-20-8-6-5-7-9-20)17-25(30-29-23)27(33)28-24-15-16-31(2)18-26(24)32;;/h11-14,17,20,24,26,32H,3-10,15-16,18H2,1-2H3,(H,28,33);2*1H/t24-,26+;;/m0../s1. The zero-order chi connectivity index (χ0) is 23.9. The van der Waals surface area contributed by atoms with Gasteiger partial charge in [-0.1, -0.05) is 31.9 Å². The number of unbranched alkanes of at least 4 members (excludes halogenated alkanes) is 1. The second-order valence-electron chi connectivity index (χ2n) is 9.79. The lowest BCUT2D eigenvalue weighted by molar-refractivity contribution is 0.0471. The Labute approximate surface area is 227 Å². The van der Waals surface area contributed by atoms with Gasteiger partial charge in [0, 0.05) is 12.1 Å². The van der Waals surface area contributed by atoms with E-state index < -0.39 is 6.10 Å². The molecule has 0 spiro atoms. The fraction of sp³-hybridized carbons (Fsp3) is 0.593. The van der Waals surface area contributed by atoms with Gasteiger partial charge in [0.25, 0.3) is 5.91 Å². The molecule has 200 valence electrons. The van der Waals surface area contributed by atoms with Crippen LogP contribution in [0.4, 0.5) is 0 Å². The summed E-state index contributed by atoms with van der Waals surface area (Å²) >= 11 is 0. The fourth-order valence-corrected chi connectivity index (χ4v) is 4.90. The van der Waals surface area contributed by atoms with Crippen molar-refractivity contribution in [1.82, 2.24) is 20.4 Å². The SMILES string of the molecule is CCCCc1nnc(C(=O)N[C@H]2CCN(C)C[C@H]2O)cc1-c1ccc(OC2CCCCC2)cc1.Cl.Cl. The summed E-state index contributed by atoms with van der Waals surface area (Å²) in [5, 5.41) is 22.0. The van der Waals surface area contributed by atoms with Crippen LogP contribution in [0.25, 0.3) is 11.1 Å². The van der Waals surface area contributed by atoms with Crippen LogP contribution in [0.15, 0.2) is 30.3 Å². The van der Waals surface area contributed by atoms with Crippen molar-refractivity contribution in [3.8, 4) is 16.9 Å². The molecule has 0 bridgehead atoms. The van der Waals surface area contributed by atoms with E-state index >= 15 is 0 Å². The Kier molecular flexibility index (Phi) is 12.4. The molecular formula is C27H40Cl2N4O3. The molecular weight excluding hydrogens is 499 g/mol. The number of benzene rings is 1. The average molecular weight is 540 g/mol. The Morgan fingerprint density at radius 3 is 2.50 bits per heavy atom. The van der Waals surface area contributed by atoms with E-state index in [2.05, 4.69) is 27.3 Å². The van der Waals surface area contributed by atoms with Crippen LogP contribution < -0.4 is 10.1 Å². The number of rotatable bonds is 8. The number of hydrogen-bond donors (Lipinski definition) is 2. The molecule has 1 aliphatic heterocycles. The lowest BCUT2D eigenvalue weighted by atomic mass is 9.97. The van der Waals surface area contributed by atoms with E-state index in [1.54, 1.807) is 0 Å². The maximum Gasteiger partial charge on any atom is 0.272 e. The molecule has 7 nitrogen and oxygen atoms in total. The highest BCUT2D eigenvalue weighted by Crippen LogP contribution is 2.28. The van der Waals surface area contributed by atoms with E-state index in [9.17, 15) is 9.90 Å². The Bertz CT molecular complexity index is 955. The number of nitrogens with one attached hydrogen (secondary N) is 1. The number of aryl methyl sites for hydroxylation is 1. The normalized spacial score (nSPS) is 20.6. The lowest BCUT2D eigenvalue weighted by Crippen LogP contribution is -2.53. The third-order valence-corrected chi connectivity index (χ3v) is 6.99. The van der Waals surface area contributed by atoms with Gasteiger partial charge in [-0.15, -0.1) is 29.9 Å². The number of β-amino-alcohol motifs (C(OH)–C–C–N with tert-alkyl or cyclic N) is 1. The molecule has 4 rings (SSSR count). The number of aliphatic hydroxyl groups excluding tert-OH is 1. The summed E-state index contributed by atoms with van der Waals surface area (Å²) in [7, 11) is 1.97. The zero-order valence-electron chi connectivity index (χ0n) is 21.3. The second-order valence-corrected chi connectivity index (χ2v) is 9.79. The molecule has 2 heterocycles. The van der Waals surface area contributed by atoms with Crippen LogP contribution in [-0.2, 0) is 6.42 Å². The number of hydrogen-bond acceptors (Lipinski definition) is 6. The van der Waals surface area contributed by atoms with Gasteiger partial charge in [0.05, 0.1) is 23.9 Å². The van der Waals surface area contributed by atoms with Crippen molar-refractivity contribution in [2.24, 2.45) is 0 Å². The van der Waals surface area contributed by atoms with Gasteiger partial charge in [0.15, 0.2) is 5.69 Å². The first-order valence-electron chi connectivity index (χ1n) is 12.8. The third-order valence-electron chi connectivity index (χ3n) is 6.99. The van der Waals surface area contributed by atoms with Crippen molar-refractivity contribution in [2.75, 3.05) is 20.1 Å². The van der Waals surface area contributed by atoms with Crippen molar-refractivity contribution in [3.63, 3.8) is 0 Å². The molecule has 2 fully saturated rings. The van der Waals surface area contributed by atoms with Gasteiger partial charge in [0.2, 0.25) is 0 Å². The summed E-state index contributed by atoms with van der Waals surface area (Å²) in [4.78, 5) is 15.0. The number of halogens is 2. The number of piperidine rings is 1. The van der Waals surface area contributed by atoms with Gasteiger partial charge in [-0.05, 0) is 82.3 Å². The first-order valence-corrected chi connectivity index (χ1v) is 12.8. The third kappa shape index (κ3) is 8.04. The number of likely N-dealkylation sites (N-methyl/N-ethyl adjacent to an activating group) is 1. The topological polar surface area (TPSA) is 87.6 Å². The molecule has 1 amide bonds. The molecule has 2 aliphatic rings. The van der Waals surface area contributed by atoms with Crippen LogP contribution in [0.5, 0.6) is 5.75 Å². The molecule has 36 heavy (non-hydrogen) atoms. The molecule has 0 unspecified atom stereocenters. The molecule has 1 aliphatic carbocycles. The van der Waals surface area contributed by atoms with Gasteiger partial charge in [0.1, 0.15) is 5.75 Å². The number of nitrogens with zero attached hydrogens (tertiary/aromatic N) is 3. The monoisotopic (exact) mass is 538 g/mol. The molecule has 1 aromatic carbocycles. The molecule has 2 aromatic rings. The molecule has 2 atom stereocenters. The number of carbonyl (C=O) groups is 1. The molecule has 9 heteroatoms. The highest BCUT2D eigenvalue weighted by atomic mass is 35.5. The van der Waals surface area contributed by atoms with Crippen LogP contribution in [-0.4, -0.2) is 64.5 Å². The van der Waals surface area contributed by atoms with Crippen LogP contribution >= 0.6 is 24.8 Å². The summed E-state index contributed by atoms with van der Waals surface area (Å²) in [6, 6.07) is 9.70. The quantitative estimate of drug-likeness (QED) is 0.500. The van der Waals surface area contributed by atoms with E-state index in [1.165, 1.54) is 19.3 Å². The van der Waals surface area contributed by atoms with Crippen molar-refractivity contribution in [2.45, 2.75) is 83.0 Å². The zero-order valence-corrected chi connectivity index (χ0v) is 23.0. The van der Waals surface area contributed by atoms with Crippen LogP contribution in [0.3, 0.4) is 0 Å². The number of aliphatic hydroxyl groups is 1. The number of ether oxygens (including phenoxy) is 1. The van der Waals surface area contributed by atoms with E-state index in [0.29, 0.717) is 19.1 Å². The maximum atomic E-state index is 13.0. The van der Waals surface area contributed by atoms with Crippen molar-refractivity contribution in [1.29, 1.82) is 0 Å². The summed E-state index contributed by atoms with van der Waals surface area (Å²) in [5.74, 6) is 0.601. The fourth-order valence-electron chi connectivity index (χ4n) is 4.90. The highest BCUT2D eigenvalue weighted by molar-refractivity contribution is 5.93. The molecule has 1 saturated heterocycles. The van der Waals surface area contributed by atoms with Crippen molar-refractivity contribution in [3.05, 3.63) is 41.7 Å². The predicted molar refractivity (Wildman–Crippen MR) is 147 cm³/mol. The van der Waals surface area contributed by atoms with Crippen LogP contribution in [0, 0.1) is 0 Å². The Morgan fingerprint density at radius 1 is 1.11 bits per heavy atom. The summed E-state index contributed by atoms with van der Waals surface area (Å²) in [6.07, 6.45) is 9.36. The Hall–Kier alpha value is -1.93. The van der Waals surface area contributed by atoms with Gasteiger partial charge in [-0.25, -0.2) is 0 Å². The van der Waals surface area contributed by atoms with Crippen LogP contribution in [0.2, 0.25) is 0 Å². The minimum Gasteiger partial charge on any atom is -0.490 e.